The summed E-state index contributed by atoms with van der Waals surface area (Å²) in [5.41, 5.74) is -0.506. The lowest BCUT2D eigenvalue weighted by Gasteiger charge is -2.34. The maximum atomic E-state index is 14.8. The second-order valence-electron chi connectivity index (χ2n) is 8.36. The van der Waals surface area contributed by atoms with E-state index in [-0.39, 0.29) is 22.6 Å². The van der Waals surface area contributed by atoms with Crippen LogP contribution in [0.2, 0.25) is 5.15 Å². The van der Waals surface area contributed by atoms with Crippen LogP contribution in [0.25, 0.3) is 10.9 Å². The normalized spacial score (nSPS) is 16.5. The number of halogens is 2. The number of ether oxygens (including phenoxy) is 2. The molecular formula is C20H27ClFN5O3S. The minimum absolute atomic E-state index is 0.0201. The van der Waals surface area contributed by atoms with Crippen LogP contribution in [-0.4, -0.2) is 70.6 Å². The molecule has 8 nitrogen and oxygen atoms in total. The first-order valence-corrected chi connectivity index (χ1v) is 11.6. The third-order valence-corrected chi connectivity index (χ3v) is 5.61. The SMILES string of the molecule is CSc1nc2c3c(nc(Cl)c(F)c3n1)OCCC(C)N2CCN(C)C(=O)OC(C)(C)C. The van der Waals surface area contributed by atoms with E-state index in [1.54, 1.807) is 7.05 Å². The van der Waals surface area contributed by atoms with Crippen molar-refractivity contribution in [2.45, 2.75) is 50.9 Å². The van der Waals surface area contributed by atoms with E-state index in [9.17, 15) is 9.18 Å². The molecule has 1 aliphatic rings. The van der Waals surface area contributed by atoms with Crippen molar-refractivity contribution in [1.29, 1.82) is 0 Å². The lowest BCUT2D eigenvalue weighted by atomic mass is 10.1. The average Bonchev–Trinajstić information content (AvgIpc) is 2.68. The Hall–Kier alpha value is -2.07. The van der Waals surface area contributed by atoms with Gasteiger partial charge in [-0.1, -0.05) is 23.4 Å². The molecule has 3 heterocycles. The number of aromatic nitrogens is 3. The number of rotatable bonds is 4. The Bertz CT molecular complexity index is 988. The van der Waals surface area contributed by atoms with Crippen LogP contribution >= 0.6 is 23.4 Å². The number of carbonyl (C=O) groups is 1. The molecular weight excluding hydrogens is 445 g/mol. The summed E-state index contributed by atoms with van der Waals surface area (Å²) in [5.74, 6) is 0.0145. The summed E-state index contributed by atoms with van der Waals surface area (Å²) in [6.07, 6.45) is 2.10. The lowest BCUT2D eigenvalue weighted by molar-refractivity contribution is 0.0302. The first-order valence-electron chi connectivity index (χ1n) is 9.96. The fraction of sp³-hybridized carbons (Fsp3) is 0.600. The Morgan fingerprint density at radius 1 is 1.39 bits per heavy atom. The van der Waals surface area contributed by atoms with Gasteiger partial charge in [-0.15, -0.1) is 0 Å². The van der Waals surface area contributed by atoms with Gasteiger partial charge in [0, 0.05) is 32.6 Å². The van der Waals surface area contributed by atoms with Gasteiger partial charge in [-0.3, -0.25) is 0 Å². The molecule has 3 rings (SSSR count). The highest BCUT2D eigenvalue weighted by Gasteiger charge is 2.29. The van der Waals surface area contributed by atoms with E-state index in [4.69, 9.17) is 21.1 Å². The number of likely N-dealkylation sites (N-methyl/N-ethyl adjacent to an activating group) is 1. The monoisotopic (exact) mass is 471 g/mol. The second-order valence-corrected chi connectivity index (χ2v) is 9.49. The van der Waals surface area contributed by atoms with Crippen LogP contribution < -0.4 is 9.64 Å². The molecule has 1 unspecified atom stereocenters. The summed E-state index contributed by atoms with van der Waals surface area (Å²) in [6, 6.07) is 0.0201. The maximum Gasteiger partial charge on any atom is 0.410 e. The summed E-state index contributed by atoms with van der Waals surface area (Å²) in [6.45, 7) is 8.74. The first kappa shape index (κ1) is 23.6. The maximum absolute atomic E-state index is 14.8. The Morgan fingerprint density at radius 3 is 2.74 bits per heavy atom. The van der Waals surface area contributed by atoms with Crippen molar-refractivity contribution in [1.82, 2.24) is 19.9 Å². The molecule has 0 saturated heterocycles. The predicted octanol–water partition coefficient (Wildman–Crippen LogP) is 4.38. The van der Waals surface area contributed by atoms with Gasteiger partial charge in [-0.2, -0.15) is 4.98 Å². The van der Waals surface area contributed by atoms with E-state index in [0.717, 1.165) is 0 Å². The highest BCUT2D eigenvalue weighted by Crippen LogP contribution is 2.38. The fourth-order valence-corrected chi connectivity index (χ4v) is 3.71. The standard InChI is InChI=1S/C20H27ClFN5O3S/c1-11-7-10-29-17-12-14(13(22)15(21)24-17)23-18(31-6)25-16(12)27(11)9-8-26(5)19(28)30-20(2,3)4/h11H,7-10H2,1-6H3. The molecule has 0 bridgehead atoms. The Labute approximate surface area is 190 Å². The number of thioether (sulfide) groups is 1. The third kappa shape index (κ3) is 5.23. The number of anilines is 1. The van der Waals surface area contributed by atoms with Crippen LogP contribution in [0, 0.1) is 5.82 Å². The fourth-order valence-electron chi connectivity index (χ4n) is 3.19. The number of pyridine rings is 1. The molecule has 1 aliphatic heterocycles. The average molecular weight is 472 g/mol. The number of hydrogen-bond acceptors (Lipinski definition) is 8. The molecule has 0 aliphatic carbocycles. The Morgan fingerprint density at radius 2 is 2.10 bits per heavy atom. The molecule has 1 amide bonds. The molecule has 1 atom stereocenters. The molecule has 0 saturated carbocycles. The van der Waals surface area contributed by atoms with E-state index < -0.39 is 17.5 Å². The van der Waals surface area contributed by atoms with Gasteiger partial charge in [-0.25, -0.2) is 19.2 Å². The quantitative estimate of drug-likeness (QED) is 0.369. The summed E-state index contributed by atoms with van der Waals surface area (Å²) in [7, 11) is 1.68. The van der Waals surface area contributed by atoms with Crippen LogP contribution in [0.3, 0.4) is 0 Å². The van der Waals surface area contributed by atoms with Gasteiger partial charge in [0.25, 0.3) is 0 Å². The molecule has 0 spiro atoms. The minimum atomic E-state index is -0.706. The molecule has 0 radical (unpaired) electrons. The van der Waals surface area contributed by atoms with Crippen molar-refractivity contribution >= 4 is 46.2 Å². The molecule has 31 heavy (non-hydrogen) atoms. The molecule has 2 aromatic rings. The highest BCUT2D eigenvalue weighted by atomic mass is 35.5. The number of hydrogen-bond donors (Lipinski definition) is 0. The number of amides is 1. The smallest absolute Gasteiger partial charge is 0.410 e. The van der Waals surface area contributed by atoms with Crippen LogP contribution in [-0.2, 0) is 4.74 Å². The zero-order chi connectivity index (χ0) is 22.9. The summed E-state index contributed by atoms with van der Waals surface area (Å²) >= 11 is 7.29. The van der Waals surface area contributed by atoms with Gasteiger partial charge in [0.2, 0.25) is 5.88 Å². The van der Waals surface area contributed by atoms with Crippen LogP contribution in [0.1, 0.15) is 34.1 Å². The van der Waals surface area contributed by atoms with E-state index in [1.807, 2.05) is 38.9 Å². The second kappa shape index (κ2) is 9.20. The Balaban J connectivity index is 2.01. The van der Waals surface area contributed by atoms with E-state index in [2.05, 4.69) is 15.0 Å². The minimum Gasteiger partial charge on any atom is -0.477 e. The predicted molar refractivity (Wildman–Crippen MR) is 120 cm³/mol. The van der Waals surface area contributed by atoms with E-state index in [0.29, 0.717) is 42.5 Å². The van der Waals surface area contributed by atoms with Gasteiger partial charge < -0.3 is 19.3 Å². The third-order valence-electron chi connectivity index (χ3n) is 4.81. The molecule has 170 valence electrons. The zero-order valence-corrected chi connectivity index (χ0v) is 20.1. The van der Waals surface area contributed by atoms with Gasteiger partial charge >= 0.3 is 6.09 Å². The number of carbonyl (C=O) groups excluding carboxylic acids is 1. The topological polar surface area (TPSA) is 80.7 Å². The van der Waals surface area contributed by atoms with Crippen LogP contribution in [0.15, 0.2) is 5.16 Å². The Kier molecular flexibility index (Phi) is 7.00. The van der Waals surface area contributed by atoms with Crippen molar-refractivity contribution in [2.75, 3.05) is 37.9 Å². The molecule has 0 fully saturated rings. The van der Waals surface area contributed by atoms with Gasteiger partial charge in [0.1, 0.15) is 22.3 Å². The molecule has 2 aromatic heterocycles. The van der Waals surface area contributed by atoms with Crippen molar-refractivity contribution < 1.29 is 18.7 Å². The van der Waals surface area contributed by atoms with E-state index in [1.165, 1.54) is 16.7 Å². The van der Waals surface area contributed by atoms with Crippen LogP contribution in [0.4, 0.5) is 15.0 Å². The van der Waals surface area contributed by atoms with Crippen molar-refractivity contribution in [2.24, 2.45) is 0 Å². The van der Waals surface area contributed by atoms with Crippen LogP contribution in [0.5, 0.6) is 5.88 Å². The van der Waals surface area contributed by atoms with E-state index >= 15 is 0 Å². The summed E-state index contributed by atoms with van der Waals surface area (Å²) in [4.78, 5) is 29.0. The zero-order valence-electron chi connectivity index (χ0n) is 18.5. The first-order chi connectivity index (χ1) is 14.5. The van der Waals surface area contributed by atoms with Gasteiger partial charge in [0.15, 0.2) is 16.1 Å². The van der Waals surface area contributed by atoms with Crippen molar-refractivity contribution in [3.63, 3.8) is 0 Å². The van der Waals surface area contributed by atoms with Gasteiger partial charge in [0.05, 0.1) is 6.61 Å². The molecule has 0 aromatic carbocycles. The largest absolute Gasteiger partial charge is 0.477 e. The molecule has 11 heteroatoms. The van der Waals surface area contributed by atoms with Crippen molar-refractivity contribution in [3.05, 3.63) is 11.0 Å². The van der Waals surface area contributed by atoms with Crippen molar-refractivity contribution in [3.8, 4) is 5.88 Å². The van der Waals surface area contributed by atoms with Gasteiger partial charge in [-0.05, 0) is 34.0 Å². The number of nitrogens with zero attached hydrogens (tertiary/aromatic N) is 5. The molecule has 0 N–H and O–H groups in total. The summed E-state index contributed by atoms with van der Waals surface area (Å²) in [5, 5.41) is 0.503. The lowest BCUT2D eigenvalue weighted by Crippen LogP contribution is -2.43. The summed E-state index contributed by atoms with van der Waals surface area (Å²) < 4.78 is 26.1. The highest BCUT2D eigenvalue weighted by molar-refractivity contribution is 7.98.